The lowest BCUT2D eigenvalue weighted by Crippen LogP contribution is -2.38. The molecule has 26 heavy (non-hydrogen) atoms. The average Bonchev–Trinajstić information content (AvgIpc) is 2.95. The van der Waals surface area contributed by atoms with E-state index in [0.717, 1.165) is 30.1 Å². The monoisotopic (exact) mass is 466 g/mol. The number of guanidine groups is 1. The first-order valence-corrected chi connectivity index (χ1v) is 8.98. The Morgan fingerprint density at radius 3 is 2.62 bits per heavy atom. The van der Waals surface area contributed by atoms with E-state index in [0.29, 0.717) is 19.1 Å². The highest BCUT2D eigenvalue weighted by molar-refractivity contribution is 14.0. The summed E-state index contributed by atoms with van der Waals surface area (Å²) >= 11 is 0. The minimum Gasteiger partial charge on any atom is -0.487 e. The first kappa shape index (κ1) is 20.5. The van der Waals surface area contributed by atoms with Crippen molar-refractivity contribution in [1.82, 2.24) is 9.88 Å². The molecule has 6 heteroatoms. The maximum Gasteiger partial charge on any atom is 0.191 e. The van der Waals surface area contributed by atoms with Crippen LogP contribution in [0.5, 0.6) is 5.75 Å². The van der Waals surface area contributed by atoms with Crippen LogP contribution in [0.25, 0.3) is 0 Å². The third kappa shape index (κ3) is 6.48. The Balaban J connectivity index is 0.00000243. The van der Waals surface area contributed by atoms with Gasteiger partial charge in [0.2, 0.25) is 0 Å². The smallest absolute Gasteiger partial charge is 0.191 e. The molecular formula is C20H27IN4O. The number of likely N-dealkylation sites (tertiary alicyclic amines) is 1. The van der Waals surface area contributed by atoms with Gasteiger partial charge < -0.3 is 15.4 Å². The van der Waals surface area contributed by atoms with E-state index in [9.17, 15) is 0 Å². The highest BCUT2D eigenvalue weighted by Crippen LogP contribution is 2.16. The van der Waals surface area contributed by atoms with Crippen molar-refractivity contribution in [3.8, 4) is 5.75 Å². The number of rotatable bonds is 5. The molecule has 0 radical (unpaired) electrons. The molecule has 0 aliphatic carbocycles. The molecule has 3 rings (SSSR count). The predicted octanol–water partition coefficient (Wildman–Crippen LogP) is 3.97. The zero-order valence-electron chi connectivity index (χ0n) is 15.0. The SMILES string of the molecule is I.NC(=NCc1cccc(OCc2ccccn2)c1)N1CCCCCC1. The molecule has 0 unspecified atom stereocenters. The molecule has 1 fully saturated rings. The third-order valence-electron chi connectivity index (χ3n) is 4.36. The number of hydrogen-bond donors (Lipinski definition) is 1. The molecule has 1 aliphatic heterocycles. The number of nitrogens with two attached hydrogens (primary N) is 1. The van der Waals surface area contributed by atoms with Crippen molar-refractivity contribution in [2.45, 2.75) is 38.8 Å². The Labute approximate surface area is 172 Å². The van der Waals surface area contributed by atoms with Crippen LogP contribution >= 0.6 is 24.0 Å². The lowest BCUT2D eigenvalue weighted by molar-refractivity contribution is 0.301. The van der Waals surface area contributed by atoms with Crippen molar-refractivity contribution in [1.29, 1.82) is 0 Å². The Hall–Kier alpha value is -1.83. The fourth-order valence-corrected chi connectivity index (χ4v) is 2.95. The molecule has 0 atom stereocenters. The molecule has 2 N–H and O–H groups in total. The van der Waals surface area contributed by atoms with Crippen molar-refractivity contribution in [3.63, 3.8) is 0 Å². The van der Waals surface area contributed by atoms with Crippen LogP contribution in [0.15, 0.2) is 53.7 Å². The first-order chi connectivity index (χ1) is 12.3. The second kappa shape index (κ2) is 11.0. The van der Waals surface area contributed by atoms with Gasteiger partial charge in [-0.2, -0.15) is 0 Å². The van der Waals surface area contributed by atoms with Gasteiger partial charge in [0.15, 0.2) is 5.96 Å². The zero-order chi connectivity index (χ0) is 17.3. The van der Waals surface area contributed by atoms with E-state index in [1.807, 2.05) is 42.5 Å². The summed E-state index contributed by atoms with van der Waals surface area (Å²) in [5, 5.41) is 0. The molecule has 1 aromatic heterocycles. The van der Waals surface area contributed by atoms with Gasteiger partial charge in [-0.15, -0.1) is 24.0 Å². The van der Waals surface area contributed by atoms with Crippen LogP contribution in [-0.2, 0) is 13.2 Å². The van der Waals surface area contributed by atoms with E-state index in [1.54, 1.807) is 6.20 Å². The maximum atomic E-state index is 6.17. The summed E-state index contributed by atoms with van der Waals surface area (Å²) < 4.78 is 5.82. The van der Waals surface area contributed by atoms with Crippen molar-refractivity contribution in [3.05, 3.63) is 59.9 Å². The molecule has 0 bridgehead atoms. The lowest BCUT2D eigenvalue weighted by Gasteiger charge is -2.21. The van der Waals surface area contributed by atoms with Gasteiger partial charge in [-0.1, -0.05) is 31.0 Å². The van der Waals surface area contributed by atoms with E-state index < -0.39 is 0 Å². The number of benzene rings is 1. The molecule has 2 heterocycles. The normalized spacial score (nSPS) is 15.1. The number of halogens is 1. The zero-order valence-corrected chi connectivity index (χ0v) is 17.3. The molecule has 1 saturated heterocycles. The summed E-state index contributed by atoms with van der Waals surface area (Å²) in [5.41, 5.74) is 8.18. The summed E-state index contributed by atoms with van der Waals surface area (Å²) in [6.45, 7) is 3.07. The molecule has 0 amide bonds. The van der Waals surface area contributed by atoms with Gasteiger partial charge in [0, 0.05) is 19.3 Å². The van der Waals surface area contributed by atoms with Crippen LogP contribution in [0.2, 0.25) is 0 Å². The topological polar surface area (TPSA) is 63.7 Å². The minimum absolute atomic E-state index is 0. The van der Waals surface area contributed by atoms with Crippen molar-refractivity contribution in [2.24, 2.45) is 10.7 Å². The van der Waals surface area contributed by atoms with E-state index in [2.05, 4.69) is 14.9 Å². The molecular weight excluding hydrogens is 439 g/mol. The van der Waals surface area contributed by atoms with Crippen molar-refractivity contribution in [2.75, 3.05) is 13.1 Å². The Bertz CT molecular complexity index is 685. The number of nitrogens with zero attached hydrogens (tertiary/aromatic N) is 3. The van der Waals surface area contributed by atoms with Crippen LogP contribution in [0.1, 0.15) is 36.9 Å². The van der Waals surface area contributed by atoms with Crippen LogP contribution in [0.3, 0.4) is 0 Å². The standard InChI is InChI=1S/C20H26N4O.HI/c21-20(24-12-5-1-2-6-13-24)23-15-17-8-7-10-19(14-17)25-16-18-9-3-4-11-22-18;/h3-4,7-11,14H,1-2,5-6,12-13,15-16H2,(H2,21,23);1H. The molecule has 1 aliphatic rings. The molecule has 0 spiro atoms. The second-order valence-electron chi connectivity index (χ2n) is 6.33. The van der Waals surface area contributed by atoms with Gasteiger partial charge in [-0.25, -0.2) is 4.99 Å². The van der Waals surface area contributed by atoms with Crippen molar-refractivity contribution < 1.29 is 4.74 Å². The highest BCUT2D eigenvalue weighted by Gasteiger charge is 2.10. The summed E-state index contributed by atoms with van der Waals surface area (Å²) in [4.78, 5) is 11.0. The molecule has 5 nitrogen and oxygen atoms in total. The summed E-state index contributed by atoms with van der Waals surface area (Å²) in [6.07, 6.45) is 6.76. The molecule has 0 saturated carbocycles. The predicted molar refractivity (Wildman–Crippen MR) is 116 cm³/mol. The van der Waals surface area contributed by atoms with E-state index >= 15 is 0 Å². The van der Waals surface area contributed by atoms with Gasteiger partial charge in [0.25, 0.3) is 0 Å². The summed E-state index contributed by atoms with van der Waals surface area (Å²) in [7, 11) is 0. The van der Waals surface area contributed by atoms with Gasteiger partial charge in [0.05, 0.1) is 12.2 Å². The van der Waals surface area contributed by atoms with Crippen LogP contribution < -0.4 is 10.5 Å². The maximum absolute atomic E-state index is 6.17. The minimum atomic E-state index is 0. The van der Waals surface area contributed by atoms with Gasteiger partial charge in [-0.3, -0.25) is 4.98 Å². The second-order valence-corrected chi connectivity index (χ2v) is 6.33. The Morgan fingerprint density at radius 2 is 1.88 bits per heavy atom. The van der Waals surface area contributed by atoms with Crippen LogP contribution in [-0.4, -0.2) is 28.9 Å². The van der Waals surface area contributed by atoms with Crippen LogP contribution in [0, 0.1) is 0 Å². The largest absolute Gasteiger partial charge is 0.487 e. The van der Waals surface area contributed by atoms with Gasteiger partial charge in [0.1, 0.15) is 12.4 Å². The molecule has 2 aromatic rings. The van der Waals surface area contributed by atoms with E-state index in [-0.39, 0.29) is 24.0 Å². The van der Waals surface area contributed by atoms with Gasteiger partial charge >= 0.3 is 0 Å². The quantitative estimate of drug-likeness (QED) is 0.412. The number of ether oxygens (including phenoxy) is 1. The Morgan fingerprint density at radius 1 is 1.08 bits per heavy atom. The average molecular weight is 466 g/mol. The molecule has 140 valence electrons. The number of aromatic nitrogens is 1. The van der Waals surface area contributed by atoms with Gasteiger partial charge in [-0.05, 0) is 42.7 Å². The number of hydrogen-bond acceptors (Lipinski definition) is 3. The molecule has 1 aromatic carbocycles. The van der Waals surface area contributed by atoms with E-state index in [4.69, 9.17) is 10.5 Å². The lowest BCUT2D eigenvalue weighted by atomic mass is 10.2. The highest BCUT2D eigenvalue weighted by atomic mass is 127. The van der Waals surface area contributed by atoms with Crippen LogP contribution in [0.4, 0.5) is 0 Å². The third-order valence-corrected chi connectivity index (χ3v) is 4.36. The number of pyridine rings is 1. The Kier molecular flexibility index (Phi) is 8.67. The fraction of sp³-hybridized carbons (Fsp3) is 0.400. The summed E-state index contributed by atoms with van der Waals surface area (Å²) in [6, 6.07) is 13.8. The van der Waals surface area contributed by atoms with E-state index in [1.165, 1.54) is 25.7 Å². The summed E-state index contributed by atoms with van der Waals surface area (Å²) in [5.74, 6) is 1.48. The fourth-order valence-electron chi connectivity index (χ4n) is 2.95. The first-order valence-electron chi connectivity index (χ1n) is 8.98. The van der Waals surface area contributed by atoms with Crippen molar-refractivity contribution >= 4 is 29.9 Å². The number of aliphatic imine (C=N–C) groups is 1.